The highest BCUT2D eigenvalue weighted by Crippen LogP contribution is 2.19. The molecule has 0 radical (unpaired) electrons. The zero-order chi connectivity index (χ0) is 20.7. The average Bonchev–Trinajstić information content (AvgIpc) is 2.66. The van der Waals surface area contributed by atoms with Crippen molar-refractivity contribution in [3.05, 3.63) is 63.6 Å². The molecule has 0 spiro atoms. The van der Waals surface area contributed by atoms with Crippen LogP contribution in [0.3, 0.4) is 0 Å². The Kier molecular flexibility index (Phi) is 7.22. The molecule has 3 rings (SSSR count). The minimum atomic E-state index is -5.08. The Labute approximate surface area is 159 Å². The van der Waals surface area contributed by atoms with Crippen molar-refractivity contribution in [1.29, 1.82) is 0 Å². The molecule has 1 aliphatic rings. The molecule has 1 heterocycles. The molecule has 0 saturated carbocycles. The molecule has 0 aliphatic heterocycles. The van der Waals surface area contributed by atoms with Gasteiger partial charge in [-0.1, -0.05) is 18.2 Å². The van der Waals surface area contributed by atoms with Gasteiger partial charge in [0.25, 0.3) is 0 Å². The molecule has 0 bridgehead atoms. The Bertz CT molecular complexity index is 847. The number of methoxy groups -OCH3 is 1. The lowest BCUT2D eigenvalue weighted by Crippen LogP contribution is -2.35. The third kappa shape index (κ3) is 6.41. The van der Waals surface area contributed by atoms with Crippen molar-refractivity contribution in [2.45, 2.75) is 38.0 Å². The Morgan fingerprint density at radius 2 is 1.89 bits per heavy atom. The number of aromatic amines is 1. The molecule has 28 heavy (non-hydrogen) atoms. The second kappa shape index (κ2) is 9.41. The van der Waals surface area contributed by atoms with E-state index in [-0.39, 0.29) is 5.56 Å². The smallest absolute Gasteiger partial charge is 0.490 e. The van der Waals surface area contributed by atoms with E-state index in [0.717, 1.165) is 37.3 Å². The van der Waals surface area contributed by atoms with Gasteiger partial charge in [-0.3, -0.25) is 4.79 Å². The number of aromatic nitrogens is 1. The molecular formula is C19H21F3N2O4. The largest absolute Gasteiger partial charge is 0.497 e. The van der Waals surface area contributed by atoms with Crippen molar-refractivity contribution < 1.29 is 27.8 Å². The summed E-state index contributed by atoms with van der Waals surface area (Å²) < 4.78 is 36.9. The first-order valence-electron chi connectivity index (χ1n) is 8.56. The number of benzene rings is 1. The average molecular weight is 398 g/mol. The number of pyridine rings is 1. The first-order valence-corrected chi connectivity index (χ1v) is 8.56. The number of halogens is 3. The Morgan fingerprint density at radius 1 is 1.25 bits per heavy atom. The van der Waals surface area contributed by atoms with Crippen LogP contribution < -0.4 is 15.6 Å². The second-order valence-corrected chi connectivity index (χ2v) is 6.30. The maximum Gasteiger partial charge on any atom is 0.490 e. The molecule has 0 amide bonds. The molecule has 0 saturated heterocycles. The highest BCUT2D eigenvalue weighted by molar-refractivity contribution is 5.73. The number of fused-ring (bicyclic) bond motifs is 1. The van der Waals surface area contributed by atoms with E-state index in [1.54, 1.807) is 13.2 Å². The highest BCUT2D eigenvalue weighted by Gasteiger charge is 2.38. The van der Waals surface area contributed by atoms with E-state index in [1.165, 1.54) is 11.1 Å². The minimum absolute atomic E-state index is 0.00149. The van der Waals surface area contributed by atoms with Crippen LogP contribution in [0.15, 0.2) is 41.2 Å². The van der Waals surface area contributed by atoms with Gasteiger partial charge in [0.05, 0.1) is 7.11 Å². The van der Waals surface area contributed by atoms with Gasteiger partial charge in [-0.25, -0.2) is 4.79 Å². The van der Waals surface area contributed by atoms with Crippen LogP contribution in [0.5, 0.6) is 5.75 Å². The van der Waals surface area contributed by atoms with E-state index in [0.29, 0.717) is 6.04 Å². The number of carboxylic acid groups (broad SMARTS) is 1. The van der Waals surface area contributed by atoms with E-state index < -0.39 is 12.1 Å². The van der Waals surface area contributed by atoms with Gasteiger partial charge in [-0.2, -0.15) is 13.2 Å². The summed E-state index contributed by atoms with van der Waals surface area (Å²) in [6, 6.07) is 12.2. The minimum Gasteiger partial charge on any atom is -0.497 e. The molecule has 9 heteroatoms. The number of hydrogen-bond donors (Lipinski definition) is 3. The number of hydrogen-bond acceptors (Lipinski definition) is 4. The van der Waals surface area contributed by atoms with Gasteiger partial charge in [0.15, 0.2) is 0 Å². The van der Waals surface area contributed by atoms with Crippen LogP contribution in [0.25, 0.3) is 0 Å². The van der Waals surface area contributed by atoms with Gasteiger partial charge in [0, 0.05) is 24.3 Å². The maximum atomic E-state index is 11.3. The summed E-state index contributed by atoms with van der Waals surface area (Å²) in [4.78, 5) is 23.1. The lowest BCUT2D eigenvalue weighted by molar-refractivity contribution is -0.192. The number of ether oxygens (including phenoxy) is 1. The molecule has 1 atom stereocenters. The third-order valence-electron chi connectivity index (χ3n) is 4.30. The van der Waals surface area contributed by atoms with Crippen LogP contribution in [-0.4, -0.2) is 35.4 Å². The number of carbonyl (C=O) groups is 1. The fourth-order valence-electron chi connectivity index (χ4n) is 2.83. The van der Waals surface area contributed by atoms with Gasteiger partial charge in [-0.15, -0.1) is 0 Å². The third-order valence-corrected chi connectivity index (χ3v) is 4.30. The van der Waals surface area contributed by atoms with Crippen LogP contribution in [0.1, 0.15) is 23.2 Å². The van der Waals surface area contributed by atoms with Gasteiger partial charge in [0.2, 0.25) is 5.56 Å². The Balaban J connectivity index is 0.000000345. The molecular weight excluding hydrogens is 377 g/mol. The number of rotatable bonds is 4. The molecule has 152 valence electrons. The topological polar surface area (TPSA) is 91.4 Å². The second-order valence-electron chi connectivity index (χ2n) is 6.30. The number of alkyl halides is 3. The van der Waals surface area contributed by atoms with Crippen molar-refractivity contribution in [1.82, 2.24) is 10.3 Å². The van der Waals surface area contributed by atoms with Crippen LogP contribution in [0.4, 0.5) is 13.2 Å². The summed E-state index contributed by atoms with van der Waals surface area (Å²) in [6.45, 7) is 0.855. The van der Waals surface area contributed by atoms with Crippen LogP contribution >= 0.6 is 0 Å². The van der Waals surface area contributed by atoms with Gasteiger partial charge in [-0.05, 0) is 42.5 Å². The predicted molar refractivity (Wildman–Crippen MR) is 96.4 cm³/mol. The summed E-state index contributed by atoms with van der Waals surface area (Å²) in [5.74, 6) is -1.87. The van der Waals surface area contributed by atoms with Crippen LogP contribution in [-0.2, 0) is 24.2 Å². The van der Waals surface area contributed by atoms with E-state index >= 15 is 0 Å². The fraction of sp³-hybridized carbons (Fsp3) is 0.368. The summed E-state index contributed by atoms with van der Waals surface area (Å²) in [5, 5.41) is 10.7. The van der Waals surface area contributed by atoms with Crippen molar-refractivity contribution >= 4 is 5.97 Å². The van der Waals surface area contributed by atoms with Crippen molar-refractivity contribution in [3.8, 4) is 5.75 Å². The highest BCUT2D eigenvalue weighted by atomic mass is 19.4. The molecule has 1 aliphatic carbocycles. The molecule has 1 unspecified atom stereocenters. The lowest BCUT2D eigenvalue weighted by atomic mass is 9.92. The Morgan fingerprint density at radius 3 is 2.46 bits per heavy atom. The zero-order valence-corrected chi connectivity index (χ0v) is 15.2. The molecule has 0 fully saturated rings. The van der Waals surface area contributed by atoms with Gasteiger partial charge in [0.1, 0.15) is 5.75 Å². The van der Waals surface area contributed by atoms with E-state index in [4.69, 9.17) is 14.6 Å². The molecule has 2 aromatic rings. The molecule has 1 aromatic heterocycles. The molecule has 6 nitrogen and oxygen atoms in total. The summed E-state index contributed by atoms with van der Waals surface area (Å²) in [5.41, 5.74) is 3.61. The predicted octanol–water partition coefficient (Wildman–Crippen LogP) is 2.66. The SMILES string of the molecule is COc1ccc(CNC2CCc3[nH]c(=O)ccc3C2)cc1.O=C(O)C(F)(F)F. The number of aliphatic carboxylic acids is 1. The number of aryl methyl sites for hydroxylation is 1. The maximum absolute atomic E-state index is 11.3. The van der Waals surface area contributed by atoms with Crippen molar-refractivity contribution in [2.24, 2.45) is 0 Å². The van der Waals surface area contributed by atoms with Crippen molar-refractivity contribution in [2.75, 3.05) is 7.11 Å². The summed E-state index contributed by atoms with van der Waals surface area (Å²) in [7, 11) is 1.68. The standard InChI is InChI=1S/C17H20N2O2.C2HF3O2/c1-21-15-6-2-12(3-7-15)11-18-14-5-8-16-13(10-14)4-9-17(20)19-16;3-2(4,5)1(6)7/h2-4,6-7,9,14,18H,5,8,10-11H2,1H3,(H,19,20);(H,6,7). The van der Waals surface area contributed by atoms with Crippen LogP contribution in [0.2, 0.25) is 0 Å². The molecule has 1 aromatic carbocycles. The summed E-state index contributed by atoms with van der Waals surface area (Å²) >= 11 is 0. The summed E-state index contributed by atoms with van der Waals surface area (Å²) in [6.07, 6.45) is -2.11. The normalized spacial score (nSPS) is 15.8. The number of nitrogens with one attached hydrogen (secondary N) is 2. The first-order chi connectivity index (χ1) is 13.2. The van der Waals surface area contributed by atoms with Gasteiger partial charge < -0.3 is 20.1 Å². The van der Waals surface area contributed by atoms with Crippen molar-refractivity contribution in [3.63, 3.8) is 0 Å². The Hall–Kier alpha value is -2.81. The van der Waals surface area contributed by atoms with E-state index in [2.05, 4.69) is 22.4 Å². The first kappa shape index (κ1) is 21.5. The fourth-order valence-corrected chi connectivity index (χ4v) is 2.83. The molecule has 3 N–H and O–H groups in total. The lowest BCUT2D eigenvalue weighted by Gasteiger charge is -2.25. The van der Waals surface area contributed by atoms with Gasteiger partial charge >= 0.3 is 12.1 Å². The number of H-pyrrole nitrogens is 1. The van der Waals surface area contributed by atoms with E-state index in [9.17, 15) is 18.0 Å². The van der Waals surface area contributed by atoms with E-state index in [1.807, 2.05) is 18.2 Å². The number of carboxylic acids is 1. The zero-order valence-electron chi connectivity index (χ0n) is 15.2. The van der Waals surface area contributed by atoms with Crippen LogP contribution in [0, 0.1) is 0 Å². The monoisotopic (exact) mass is 398 g/mol. The quantitative estimate of drug-likeness (QED) is 0.737.